The van der Waals surface area contributed by atoms with Crippen LogP contribution in [0.2, 0.25) is 5.02 Å². The number of nitro groups is 1. The molecule has 0 unspecified atom stereocenters. The van der Waals surface area contributed by atoms with Gasteiger partial charge in [0.25, 0.3) is 11.6 Å². The maximum atomic E-state index is 12.2. The van der Waals surface area contributed by atoms with Gasteiger partial charge in [0.15, 0.2) is 6.61 Å². The van der Waals surface area contributed by atoms with Crippen molar-refractivity contribution in [2.45, 2.75) is 13.0 Å². The first-order valence-corrected chi connectivity index (χ1v) is 8.31. The number of amides is 1. The van der Waals surface area contributed by atoms with Gasteiger partial charge in [-0.3, -0.25) is 14.9 Å². The van der Waals surface area contributed by atoms with Gasteiger partial charge in [0.2, 0.25) is 0 Å². The first-order chi connectivity index (χ1) is 12.8. The van der Waals surface area contributed by atoms with Crippen LogP contribution in [0.4, 0.5) is 5.69 Å². The molecule has 0 aliphatic carbocycles. The highest BCUT2D eigenvalue weighted by molar-refractivity contribution is 6.32. The van der Waals surface area contributed by atoms with Crippen LogP contribution in [-0.2, 0) is 4.79 Å². The molecule has 0 spiro atoms. The van der Waals surface area contributed by atoms with Gasteiger partial charge in [-0.25, -0.2) is 0 Å². The molecule has 9 heteroatoms. The maximum Gasteiger partial charge on any atom is 0.271 e. The van der Waals surface area contributed by atoms with Crippen LogP contribution in [-0.4, -0.2) is 31.7 Å². The third kappa shape index (κ3) is 5.24. The van der Waals surface area contributed by atoms with E-state index in [1.165, 1.54) is 18.2 Å². The lowest BCUT2D eigenvalue weighted by atomic mass is 10.1. The molecular weight excluding hydrogens is 376 g/mol. The Balaban J connectivity index is 2.01. The summed E-state index contributed by atoms with van der Waals surface area (Å²) in [6.45, 7) is 1.50. The molecule has 27 heavy (non-hydrogen) atoms. The smallest absolute Gasteiger partial charge is 0.271 e. The molecule has 2 aromatic rings. The van der Waals surface area contributed by atoms with Crippen LogP contribution >= 0.6 is 11.6 Å². The van der Waals surface area contributed by atoms with Crippen molar-refractivity contribution in [3.05, 3.63) is 57.1 Å². The molecule has 0 saturated heterocycles. The molecule has 0 heterocycles. The molecule has 0 fully saturated rings. The van der Waals surface area contributed by atoms with Crippen LogP contribution in [0.15, 0.2) is 36.4 Å². The average molecular weight is 395 g/mol. The van der Waals surface area contributed by atoms with Crippen LogP contribution in [0.1, 0.15) is 18.5 Å². The molecule has 8 nitrogen and oxygen atoms in total. The van der Waals surface area contributed by atoms with Crippen LogP contribution in [0.5, 0.6) is 17.2 Å². The highest BCUT2D eigenvalue weighted by Gasteiger charge is 2.16. The molecule has 1 atom stereocenters. The average Bonchev–Trinajstić information content (AvgIpc) is 2.66. The number of ether oxygens (including phenoxy) is 3. The van der Waals surface area contributed by atoms with E-state index in [0.717, 1.165) is 5.56 Å². The molecular formula is C18H19ClN2O6. The predicted molar refractivity (Wildman–Crippen MR) is 99.7 cm³/mol. The molecule has 0 aliphatic rings. The Hall–Kier alpha value is -3.00. The van der Waals surface area contributed by atoms with E-state index in [2.05, 4.69) is 5.32 Å². The fourth-order valence-electron chi connectivity index (χ4n) is 2.40. The Labute approximate surface area is 161 Å². The Kier molecular flexibility index (Phi) is 6.84. The third-order valence-corrected chi connectivity index (χ3v) is 4.06. The summed E-state index contributed by atoms with van der Waals surface area (Å²) >= 11 is 5.94. The Bertz CT molecular complexity index is 843. The monoisotopic (exact) mass is 394 g/mol. The summed E-state index contributed by atoms with van der Waals surface area (Å²) in [5.74, 6) is 1.05. The summed E-state index contributed by atoms with van der Waals surface area (Å²) in [6.07, 6.45) is 0. The first-order valence-electron chi connectivity index (χ1n) is 7.93. The molecule has 2 rings (SSSR count). The minimum atomic E-state index is -0.564. The summed E-state index contributed by atoms with van der Waals surface area (Å²) < 4.78 is 15.9. The van der Waals surface area contributed by atoms with E-state index in [9.17, 15) is 14.9 Å². The highest BCUT2D eigenvalue weighted by Crippen LogP contribution is 2.30. The van der Waals surface area contributed by atoms with Crippen molar-refractivity contribution < 1.29 is 23.9 Å². The zero-order chi connectivity index (χ0) is 20.0. The number of non-ortho nitro benzene ring substituents is 1. The second-order valence-corrected chi connectivity index (χ2v) is 5.96. The molecule has 0 saturated carbocycles. The summed E-state index contributed by atoms with van der Waals surface area (Å²) in [4.78, 5) is 22.3. The quantitative estimate of drug-likeness (QED) is 0.543. The number of halogens is 1. The van der Waals surface area contributed by atoms with E-state index >= 15 is 0 Å². The fourth-order valence-corrected chi connectivity index (χ4v) is 2.63. The van der Waals surface area contributed by atoms with Gasteiger partial charge >= 0.3 is 0 Å². The molecule has 0 bridgehead atoms. The van der Waals surface area contributed by atoms with Gasteiger partial charge < -0.3 is 19.5 Å². The predicted octanol–water partition coefficient (Wildman–Crippen LogP) is 3.52. The molecule has 0 radical (unpaired) electrons. The minimum Gasteiger partial charge on any atom is -0.497 e. The number of benzene rings is 2. The highest BCUT2D eigenvalue weighted by atomic mass is 35.5. The lowest BCUT2D eigenvalue weighted by Crippen LogP contribution is -2.31. The van der Waals surface area contributed by atoms with E-state index in [4.69, 9.17) is 25.8 Å². The van der Waals surface area contributed by atoms with Crippen LogP contribution in [0.3, 0.4) is 0 Å². The second-order valence-electron chi connectivity index (χ2n) is 5.56. The number of nitrogens with one attached hydrogen (secondary N) is 1. The summed E-state index contributed by atoms with van der Waals surface area (Å²) in [5, 5.41) is 13.6. The number of nitrogens with zero attached hydrogens (tertiary/aromatic N) is 1. The molecule has 2 aromatic carbocycles. The normalized spacial score (nSPS) is 11.4. The van der Waals surface area contributed by atoms with E-state index in [-0.39, 0.29) is 35.0 Å². The minimum absolute atomic E-state index is 0.0551. The summed E-state index contributed by atoms with van der Waals surface area (Å²) in [5.41, 5.74) is 0.592. The van der Waals surface area contributed by atoms with Gasteiger partial charge in [-0.2, -0.15) is 0 Å². The van der Waals surface area contributed by atoms with Crippen molar-refractivity contribution in [1.82, 2.24) is 5.32 Å². The van der Waals surface area contributed by atoms with Gasteiger partial charge in [0.1, 0.15) is 17.2 Å². The number of rotatable bonds is 8. The largest absolute Gasteiger partial charge is 0.497 e. The topological polar surface area (TPSA) is 99.9 Å². The lowest BCUT2D eigenvalue weighted by molar-refractivity contribution is -0.384. The zero-order valence-electron chi connectivity index (χ0n) is 15.0. The van der Waals surface area contributed by atoms with Crippen molar-refractivity contribution in [3.63, 3.8) is 0 Å². The van der Waals surface area contributed by atoms with Gasteiger partial charge in [0, 0.05) is 17.7 Å². The molecule has 1 amide bonds. The first kappa shape index (κ1) is 20.3. The molecule has 144 valence electrons. The standard InChI is InChI=1S/C18H19ClN2O6/c1-11(14-9-13(25-2)5-7-16(14)26-3)20-18(22)10-27-17-6-4-12(21(23)24)8-15(17)19/h4-9,11H,10H2,1-3H3,(H,20,22)/t11-/m0/s1. The SMILES string of the molecule is COc1ccc(OC)c([C@H](C)NC(=O)COc2ccc([N+](=O)[O-])cc2Cl)c1. The van der Waals surface area contributed by atoms with Crippen LogP contribution < -0.4 is 19.5 Å². The van der Waals surface area contributed by atoms with Crippen LogP contribution in [0.25, 0.3) is 0 Å². The number of carbonyl (C=O) groups is 1. The van der Waals surface area contributed by atoms with E-state index in [1.54, 1.807) is 39.3 Å². The van der Waals surface area contributed by atoms with Crippen molar-refractivity contribution >= 4 is 23.2 Å². The van der Waals surface area contributed by atoms with Gasteiger partial charge in [0.05, 0.1) is 30.2 Å². The lowest BCUT2D eigenvalue weighted by Gasteiger charge is -2.18. The molecule has 0 aromatic heterocycles. The van der Waals surface area contributed by atoms with Crippen LogP contribution in [0, 0.1) is 10.1 Å². The van der Waals surface area contributed by atoms with Crippen molar-refractivity contribution in [1.29, 1.82) is 0 Å². The molecule has 1 N–H and O–H groups in total. The van der Waals surface area contributed by atoms with Gasteiger partial charge in [-0.1, -0.05) is 11.6 Å². The molecule has 0 aliphatic heterocycles. The maximum absolute atomic E-state index is 12.2. The number of carbonyl (C=O) groups excluding carboxylic acids is 1. The zero-order valence-corrected chi connectivity index (χ0v) is 15.8. The van der Waals surface area contributed by atoms with E-state index in [0.29, 0.717) is 11.5 Å². The second kappa shape index (κ2) is 9.09. The fraction of sp³-hybridized carbons (Fsp3) is 0.278. The Morgan fingerprint density at radius 3 is 2.48 bits per heavy atom. The number of hydrogen-bond donors (Lipinski definition) is 1. The Morgan fingerprint density at radius 2 is 1.89 bits per heavy atom. The number of hydrogen-bond acceptors (Lipinski definition) is 6. The van der Waals surface area contributed by atoms with Crippen molar-refractivity contribution in [2.75, 3.05) is 20.8 Å². The van der Waals surface area contributed by atoms with Crippen molar-refractivity contribution in [2.24, 2.45) is 0 Å². The number of methoxy groups -OCH3 is 2. The van der Waals surface area contributed by atoms with Gasteiger partial charge in [-0.05, 0) is 31.2 Å². The Morgan fingerprint density at radius 1 is 1.19 bits per heavy atom. The summed E-state index contributed by atoms with van der Waals surface area (Å²) in [6, 6.07) is 8.70. The van der Waals surface area contributed by atoms with E-state index in [1.807, 2.05) is 0 Å². The summed E-state index contributed by atoms with van der Waals surface area (Å²) in [7, 11) is 3.09. The third-order valence-electron chi connectivity index (χ3n) is 3.77. The number of nitro benzene ring substituents is 1. The van der Waals surface area contributed by atoms with Gasteiger partial charge in [-0.15, -0.1) is 0 Å². The van der Waals surface area contributed by atoms with E-state index < -0.39 is 4.92 Å². The van der Waals surface area contributed by atoms with Crippen molar-refractivity contribution in [3.8, 4) is 17.2 Å².